The molecule has 1 fully saturated rings. The van der Waals surface area contributed by atoms with Crippen LogP contribution in [-0.2, 0) is 12.8 Å². The van der Waals surface area contributed by atoms with Crippen LogP contribution in [-0.4, -0.2) is 67.4 Å². The molecule has 128 valence electrons. The van der Waals surface area contributed by atoms with Crippen LogP contribution in [0.4, 0.5) is 5.69 Å². The summed E-state index contributed by atoms with van der Waals surface area (Å²) >= 11 is 0. The Kier molecular flexibility index (Phi) is 5.54. The van der Waals surface area contributed by atoms with E-state index >= 15 is 0 Å². The number of ether oxygens (including phenoxy) is 1. The van der Waals surface area contributed by atoms with Crippen molar-refractivity contribution in [3.05, 3.63) is 23.3 Å². The first-order chi connectivity index (χ1) is 11.2. The van der Waals surface area contributed by atoms with Gasteiger partial charge in [-0.25, -0.2) is 0 Å². The molecule has 1 saturated heterocycles. The standard InChI is InChI=1S/C18H29N3O2/c1-23-18-16-4-2-3-15(13-14(16)5-6-17(18)19)21-9-7-20(8-10-21)11-12-22/h5-6,15,22H,2-4,7-13,19H2,1H3/p+1. The van der Waals surface area contributed by atoms with E-state index in [4.69, 9.17) is 9.84 Å². The van der Waals surface area contributed by atoms with E-state index in [1.165, 1.54) is 24.0 Å². The van der Waals surface area contributed by atoms with E-state index in [1.54, 1.807) is 7.11 Å². The molecule has 0 amide bonds. The maximum Gasteiger partial charge on any atom is 0.183 e. The maximum absolute atomic E-state index is 9.08. The number of nitrogens with zero attached hydrogens (tertiary/aromatic N) is 2. The van der Waals surface area contributed by atoms with Crippen molar-refractivity contribution < 1.29 is 15.6 Å². The Bertz CT molecular complexity index is 527. The number of aliphatic hydroxyl groups is 1. The van der Waals surface area contributed by atoms with Crippen molar-refractivity contribution in [2.45, 2.75) is 31.7 Å². The third-order valence-corrected chi connectivity index (χ3v) is 5.40. The molecule has 1 aromatic rings. The van der Waals surface area contributed by atoms with E-state index in [9.17, 15) is 0 Å². The fourth-order valence-electron chi connectivity index (χ4n) is 4.11. The van der Waals surface area contributed by atoms with Crippen molar-refractivity contribution >= 4 is 5.69 Å². The summed E-state index contributed by atoms with van der Waals surface area (Å²) in [6, 6.07) is 4.98. The van der Waals surface area contributed by atoms with Gasteiger partial charge < -0.3 is 15.6 Å². The summed E-state index contributed by atoms with van der Waals surface area (Å²) in [5.74, 6) is 0.996. The van der Waals surface area contributed by atoms with Crippen molar-refractivity contribution in [1.82, 2.24) is 9.80 Å². The lowest BCUT2D eigenvalue weighted by Gasteiger charge is -2.39. The van der Waals surface area contributed by atoms with Gasteiger partial charge in [0.25, 0.3) is 0 Å². The summed E-state index contributed by atoms with van der Waals surface area (Å²) in [4.78, 5) is 5.01. The Hall–Kier alpha value is -1.14. The lowest BCUT2D eigenvalue weighted by molar-refractivity contribution is -0.256. The van der Waals surface area contributed by atoms with Gasteiger partial charge in [0.15, 0.2) is 11.4 Å². The highest BCUT2D eigenvalue weighted by molar-refractivity contribution is 5.54. The van der Waals surface area contributed by atoms with Crippen LogP contribution in [0, 0.1) is 0 Å². The molecule has 1 aliphatic carbocycles. The summed E-state index contributed by atoms with van der Waals surface area (Å²) in [5, 5.41) is 9.08. The molecule has 1 aromatic carbocycles. The van der Waals surface area contributed by atoms with E-state index in [2.05, 4.69) is 27.7 Å². The first-order valence-electron chi connectivity index (χ1n) is 8.81. The van der Waals surface area contributed by atoms with E-state index < -0.39 is 0 Å². The van der Waals surface area contributed by atoms with Gasteiger partial charge in [0.2, 0.25) is 0 Å². The second kappa shape index (κ2) is 7.62. The molecule has 5 nitrogen and oxygen atoms in total. The highest BCUT2D eigenvalue weighted by Gasteiger charge is 2.27. The largest absolute Gasteiger partial charge is 0.491 e. The topological polar surface area (TPSA) is 63.6 Å². The third-order valence-electron chi connectivity index (χ3n) is 5.40. The molecule has 0 radical (unpaired) electrons. The monoisotopic (exact) mass is 320 g/mol. The smallest absolute Gasteiger partial charge is 0.183 e. The quantitative estimate of drug-likeness (QED) is 0.790. The van der Waals surface area contributed by atoms with Gasteiger partial charge in [0.1, 0.15) is 0 Å². The summed E-state index contributed by atoms with van der Waals surface area (Å²) in [5.41, 5.74) is 7.92. The third kappa shape index (κ3) is 3.69. The first kappa shape index (κ1) is 16.7. The van der Waals surface area contributed by atoms with Crippen LogP contribution in [0.2, 0.25) is 0 Å². The number of aliphatic hydroxyl groups excluding tert-OH is 1. The molecule has 1 aliphatic heterocycles. The lowest BCUT2D eigenvalue weighted by atomic mass is 9.99. The van der Waals surface area contributed by atoms with Gasteiger partial charge in [0.05, 0.1) is 13.7 Å². The zero-order chi connectivity index (χ0) is 16.2. The first-order valence-corrected chi connectivity index (χ1v) is 8.81. The summed E-state index contributed by atoms with van der Waals surface area (Å²) in [6.45, 7) is 5.46. The van der Waals surface area contributed by atoms with Crippen molar-refractivity contribution in [3.8, 4) is 5.75 Å². The van der Waals surface area contributed by atoms with Crippen molar-refractivity contribution in [2.75, 3.05) is 46.4 Å². The van der Waals surface area contributed by atoms with Crippen LogP contribution in [0.1, 0.15) is 24.0 Å². The molecule has 0 spiro atoms. The number of β-amino-alcohol motifs (C(OH)–C–C–N with tert-alkyl or cyclic N) is 1. The Morgan fingerprint density at radius 2 is 2.04 bits per heavy atom. The highest BCUT2D eigenvalue weighted by Crippen LogP contribution is 2.34. The summed E-state index contributed by atoms with van der Waals surface area (Å²) < 4.78 is 5.61. The molecular weight excluding hydrogens is 290 g/mol. The molecule has 5 heteroatoms. The van der Waals surface area contributed by atoms with Gasteiger partial charge in [-0.3, -0.25) is 9.80 Å². The molecule has 3 rings (SSSR count). The SMILES string of the molecule is COc1c([NH3+])ccc2c1CCCC(N1CCN(CCO)CC1)C2. The minimum atomic E-state index is 0.268. The lowest BCUT2D eigenvalue weighted by Crippen LogP contribution is -2.51. The molecule has 4 N–H and O–H groups in total. The van der Waals surface area contributed by atoms with E-state index in [0.29, 0.717) is 6.04 Å². The van der Waals surface area contributed by atoms with Crippen LogP contribution in [0.5, 0.6) is 5.75 Å². The molecule has 1 heterocycles. The van der Waals surface area contributed by atoms with Gasteiger partial charge in [-0.1, -0.05) is 6.07 Å². The molecule has 0 bridgehead atoms. The Balaban J connectivity index is 1.70. The van der Waals surface area contributed by atoms with Gasteiger partial charge in [-0.05, 0) is 31.2 Å². The fraction of sp³-hybridized carbons (Fsp3) is 0.667. The minimum absolute atomic E-state index is 0.268. The normalized spacial score (nSPS) is 23.3. The predicted octanol–water partition coefficient (Wildman–Crippen LogP) is 0.426. The number of piperazine rings is 1. The number of methoxy groups -OCH3 is 1. The Labute approximate surface area is 139 Å². The summed E-state index contributed by atoms with van der Waals surface area (Å²) in [7, 11) is 1.76. The van der Waals surface area contributed by atoms with Crippen LogP contribution >= 0.6 is 0 Å². The summed E-state index contributed by atoms with van der Waals surface area (Å²) in [6.07, 6.45) is 4.69. The molecular formula is C18H30N3O2+. The number of hydrogen-bond donors (Lipinski definition) is 2. The van der Waals surface area contributed by atoms with E-state index in [0.717, 1.165) is 57.0 Å². The number of fused-ring (bicyclic) bond motifs is 1. The molecule has 1 unspecified atom stereocenters. The van der Waals surface area contributed by atoms with E-state index in [-0.39, 0.29) is 6.61 Å². The highest BCUT2D eigenvalue weighted by atomic mass is 16.5. The van der Waals surface area contributed by atoms with Crippen LogP contribution in [0.25, 0.3) is 0 Å². The van der Waals surface area contributed by atoms with Crippen molar-refractivity contribution in [2.24, 2.45) is 0 Å². The predicted molar refractivity (Wildman–Crippen MR) is 91.1 cm³/mol. The van der Waals surface area contributed by atoms with Crippen molar-refractivity contribution in [1.29, 1.82) is 0 Å². The second-order valence-corrected chi connectivity index (χ2v) is 6.75. The average Bonchev–Trinajstić information content (AvgIpc) is 2.78. The molecule has 2 aliphatic rings. The van der Waals surface area contributed by atoms with E-state index in [1.807, 2.05) is 0 Å². The van der Waals surface area contributed by atoms with Crippen molar-refractivity contribution in [3.63, 3.8) is 0 Å². The van der Waals surface area contributed by atoms with Crippen LogP contribution < -0.4 is 10.5 Å². The van der Waals surface area contributed by atoms with Gasteiger partial charge in [-0.15, -0.1) is 0 Å². The van der Waals surface area contributed by atoms with Gasteiger partial charge in [-0.2, -0.15) is 0 Å². The van der Waals surface area contributed by atoms with Crippen LogP contribution in [0.3, 0.4) is 0 Å². The maximum atomic E-state index is 9.08. The van der Waals surface area contributed by atoms with Gasteiger partial charge in [0, 0.05) is 50.4 Å². The average molecular weight is 320 g/mol. The minimum Gasteiger partial charge on any atom is -0.491 e. The van der Waals surface area contributed by atoms with Gasteiger partial charge >= 0.3 is 0 Å². The molecule has 0 aromatic heterocycles. The molecule has 0 saturated carbocycles. The zero-order valence-electron chi connectivity index (χ0n) is 14.3. The fourth-order valence-corrected chi connectivity index (χ4v) is 4.11. The van der Waals surface area contributed by atoms with Crippen LogP contribution in [0.15, 0.2) is 12.1 Å². The number of benzene rings is 1. The Morgan fingerprint density at radius 1 is 1.26 bits per heavy atom. The Morgan fingerprint density at radius 3 is 2.74 bits per heavy atom. The number of quaternary nitrogens is 1. The number of rotatable bonds is 4. The molecule has 23 heavy (non-hydrogen) atoms. The second-order valence-electron chi connectivity index (χ2n) is 6.75. The molecule has 1 atom stereocenters. The number of hydrogen-bond acceptors (Lipinski definition) is 4. The zero-order valence-corrected chi connectivity index (χ0v) is 14.3.